The van der Waals surface area contributed by atoms with E-state index in [4.69, 9.17) is 28.4 Å². The summed E-state index contributed by atoms with van der Waals surface area (Å²) in [5.41, 5.74) is 18.6. The van der Waals surface area contributed by atoms with E-state index < -0.39 is 23.8 Å². The highest BCUT2D eigenvalue weighted by Crippen LogP contribution is 2.36. The van der Waals surface area contributed by atoms with Crippen LogP contribution in [0.15, 0.2) is 72.8 Å². The molecule has 4 aliphatic carbocycles. The molecule has 1 atom stereocenters. The first kappa shape index (κ1) is 37.2. The van der Waals surface area contributed by atoms with Crippen LogP contribution < -0.4 is 16.8 Å². The maximum absolute atomic E-state index is 13.3. The fourth-order valence-corrected chi connectivity index (χ4v) is 7.13. The van der Waals surface area contributed by atoms with Crippen LogP contribution in [0.25, 0.3) is 16.7 Å². The van der Waals surface area contributed by atoms with Gasteiger partial charge in [0.15, 0.2) is 0 Å². The summed E-state index contributed by atoms with van der Waals surface area (Å²) in [6.45, 7) is 1.28. The quantitative estimate of drug-likeness (QED) is 0.151. The number of nitrogens with one attached hydrogen (secondary N) is 1. The molecule has 3 aromatic rings. The zero-order valence-electron chi connectivity index (χ0n) is 28.3. The van der Waals surface area contributed by atoms with Gasteiger partial charge in [-0.15, -0.1) is 0 Å². The lowest BCUT2D eigenvalue weighted by Crippen LogP contribution is -2.31. The zero-order valence-corrected chi connectivity index (χ0v) is 29.1. The maximum Gasteiger partial charge on any atom is 0.303 e. The van der Waals surface area contributed by atoms with E-state index in [-0.39, 0.29) is 17.5 Å². The van der Waals surface area contributed by atoms with Crippen molar-refractivity contribution in [3.63, 3.8) is 0 Å². The number of hydrogen-bond acceptors (Lipinski definition) is 5. The van der Waals surface area contributed by atoms with Crippen molar-refractivity contribution in [3.8, 4) is 0 Å². The molecule has 0 bridgehead atoms. The van der Waals surface area contributed by atoms with Gasteiger partial charge in [-0.3, -0.25) is 14.4 Å². The molecule has 0 aromatic heterocycles. The van der Waals surface area contributed by atoms with E-state index in [1.54, 1.807) is 24.3 Å². The monoisotopic (exact) mass is 715 g/mol. The second-order valence-electron chi connectivity index (χ2n) is 12.9. The molecule has 51 heavy (non-hydrogen) atoms. The summed E-state index contributed by atoms with van der Waals surface area (Å²) in [6, 6.07) is 14.3. The van der Waals surface area contributed by atoms with Gasteiger partial charge in [0.05, 0.1) is 4.99 Å². The average molecular weight is 716 g/mol. The Bertz CT molecular complexity index is 1950. The van der Waals surface area contributed by atoms with Gasteiger partial charge in [0.2, 0.25) is 11.8 Å². The van der Waals surface area contributed by atoms with Crippen LogP contribution >= 0.6 is 12.2 Å². The summed E-state index contributed by atoms with van der Waals surface area (Å²) in [7, 11) is 0. The first-order valence-electron chi connectivity index (χ1n) is 16.9. The van der Waals surface area contributed by atoms with Crippen molar-refractivity contribution in [2.75, 3.05) is 0 Å². The Morgan fingerprint density at radius 1 is 0.745 bits per heavy atom. The zero-order chi connectivity index (χ0) is 36.7. The molecule has 2 amide bonds. The average Bonchev–Trinajstić information content (AvgIpc) is 3.86. The number of carbonyl (C=O) groups excluding carboxylic acids is 3. The van der Waals surface area contributed by atoms with E-state index in [0.29, 0.717) is 28.6 Å². The number of esters is 1. The molecule has 266 valence electrons. The summed E-state index contributed by atoms with van der Waals surface area (Å²) in [5.74, 6) is -1.99. The molecule has 5 N–H and O–H groups in total. The van der Waals surface area contributed by atoms with Crippen molar-refractivity contribution >= 4 is 51.7 Å². The number of primary amides is 1. The van der Waals surface area contributed by atoms with E-state index >= 15 is 0 Å². The number of nitrogens with two attached hydrogens (primary N) is 2. The molecule has 7 nitrogen and oxygen atoms in total. The van der Waals surface area contributed by atoms with Crippen LogP contribution in [0.2, 0.25) is 0 Å². The number of benzene rings is 3. The first-order chi connectivity index (χ1) is 24.4. The molecule has 3 aromatic carbocycles. The molecule has 4 aliphatic rings. The lowest BCUT2D eigenvalue weighted by Gasteiger charge is -2.12. The third-order valence-corrected chi connectivity index (χ3v) is 9.35. The van der Waals surface area contributed by atoms with Crippen LogP contribution in [-0.4, -0.2) is 34.9 Å². The number of aryl methyl sites for hydroxylation is 2. The highest BCUT2D eigenvalue weighted by molar-refractivity contribution is 7.80. The van der Waals surface area contributed by atoms with Crippen LogP contribution in [0, 0.1) is 17.5 Å². The Balaban J connectivity index is 0.000000150. The number of thiocarbonyl (C=S) groups is 1. The predicted octanol–water partition coefficient (Wildman–Crippen LogP) is 6.84. The number of ether oxygens (including phenoxy) is 1. The summed E-state index contributed by atoms with van der Waals surface area (Å²) in [4.78, 5) is 34.3. The van der Waals surface area contributed by atoms with Crippen molar-refractivity contribution in [2.45, 2.75) is 76.9 Å². The van der Waals surface area contributed by atoms with Crippen molar-refractivity contribution in [1.29, 1.82) is 0 Å². The number of hydrogen-bond donors (Lipinski definition) is 3. The minimum Gasteiger partial charge on any atom is -0.457 e. The third-order valence-electron chi connectivity index (χ3n) is 9.23. The van der Waals surface area contributed by atoms with E-state index in [0.717, 1.165) is 71.9 Å². The molecule has 0 spiro atoms. The van der Waals surface area contributed by atoms with Gasteiger partial charge in [-0.1, -0.05) is 43.3 Å². The molecule has 1 saturated carbocycles. The van der Waals surface area contributed by atoms with E-state index in [1.807, 2.05) is 12.1 Å². The Labute approximate surface area is 300 Å². The summed E-state index contributed by atoms with van der Waals surface area (Å²) >= 11 is 4.80. The van der Waals surface area contributed by atoms with Gasteiger partial charge in [0, 0.05) is 37.1 Å². The normalized spacial score (nSPS) is 19.4. The first-order valence-corrected chi connectivity index (χ1v) is 17.3. The van der Waals surface area contributed by atoms with E-state index in [9.17, 15) is 27.6 Å². The molecule has 0 radical (unpaired) electrons. The molecule has 0 saturated heterocycles. The van der Waals surface area contributed by atoms with Gasteiger partial charge >= 0.3 is 5.97 Å². The number of rotatable bonds is 5. The summed E-state index contributed by atoms with van der Waals surface area (Å²) in [6.07, 6.45) is 12.6. The second-order valence-corrected chi connectivity index (χ2v) is 13.4. The minimum absolute atomic E-state index is 0.0287. The van der Waals surface area contributed by atoms with E-state index in [1.165, 1.54) is 61.7 Å². The highest BCUT2D eigenvalue weighted by Gasteiger charge is 2.30. The number of amides is 2. The van der Waals surface area contributed by atoms with Crippen molar-refractivity contribution in [1.82, 2.24) is 5.32 Å². The standard InChI is InChI=1S/C16H18FNO.C13H12FNO3.C11H10FNS/c17-13-8-7-11-5-6-12(15(11)10-13)9-16(19)18-14-3-1-2-4-14;1-7(16)18-12-4-8-2-3-9(14)5-10(8)11(12)6-13(15)17;12-9-4-3-7-1-2-8(5-11(13)14)10(7)6-9/h7-10,14H,1-6H2,(H,18,19);2-3,5-6,12H,4H2,1H3,(H2,15,17);3-6H,1-2H2,(H2,13,14)/b12-9+;11-6-;8-5+. The number of allylic oxidation sites excluding steroid dienone is 2. The lowest BCUT2D eigenvalue weighted by molar-refractivity contribution is -0.143. The maximum atomic E-state index is 13.3. The SMILES string of the molecule is CC(=O)OC1Cc2ccc(F)cc2/C1=C/C(N)=O.NC(=S)/C=C1\CCc2ccc(F)cc21.O=C(/C=C1\CCc2ccc(F)cc21)NC1CCCC1. The Kier molecular flexibility index (Phi) is 12.3. The predicted molar refractivity (Wildman–Crippen MR) is 195 cm³/mol. The summed E-state index contributed by atoms with van der Waals surface area (Å²) < 4.78 is 44.6. The smallest absolute Gasteiger partial charge is 0.303 e. The minimum atomic E-state index is -0.653. The Hall–Kier alpha value is -5.03. The van der Waals surface area contributed by atoms with Crippen LogP contribution in [-0.2, 0) is 38.4 Å². The van der Waals surface area contributed by atoms with Crippen molar-refractivity contribution in [3.05, 3.63) is 124 Å². The molecular weight excluding hydrogens is 676 g/mol. The van der Waals surface area contributed by atoms with Gasteiger partial charge in [0.1, 0.15) is 23.6 Å². The molecule has 0 heterocycles. The lowest BCUT2D eigenvalue weighted by atomic mass is 10.1. The third kappa shape index (κ3) is 10.0. The highest BCUT2D eigenvalue weighted by atomic mass is 32.1. The van der Waals surface area contributed by atoms with Crippen LogP contribution in [0.4, 0.5) is 13.2 Å². The number of fused-ring (bicyclic) bond motifs is 3. The van der Waals surface area contributed by atoms with Crippen LogP contribution in [0.5, 0.6) is 0 Å². The molecule has 11 heteroatoms. The summed E-state index contributed by atoms with van der Waals surface area (Å²) in [5, 5.41) is 3.04. The van der Waals surface area contributed by atoms with Gasteiger partial charge in [-0.25, -0.2) is 13.2 Å². The van der Waals surface area contributed by atoms with Gasteiger partial charge in [-0.05, 0) is 126 Å². The van der Waals surface area contributed by atoms with Crippen molar-refractivity contribution < 1.29 is 32.3 Å². The van der Waals surface area contributed by atoms with Gasteiger partial charge in [0.25, 0.3) is 0 Å². The topological polar surface area (TPSA) is 125 Å². The molecule has 1 unspecified atom stereocenters. The fourth-order valence-electron chi connectivity index (χ4n) is 6.99. The molecular formula is C40H40F3N3O4S. The van der Waals surface area contributed by atoms with Crippen molar-refractivity contribution in [2.24, 2.45) is 11.5 Å². The van der Waals surface area contributed by atoms with Gasteiger partial charge in [-0.2, -0.15) is 0 Å². The van der Waals surface area contributed by atoms with Crippen LogP contribution in [0.3, 0.4) is 0 Å². The largest absolute Gasteiger partial charge is 0.457 e. The van der Waals surface area contributed by atoms with Gasteiger partial charge < -0.3 is 21.5 Å². The molecule has 0 aliphatic heterocycles. The van der Waals surface area contributed by atoms with Crippen LogP contribution in [0.1, 0.15) is 78.8 Å². The number of halogens is 3. The van der Waals surface area contributed by atoms with E-state index in [2.05, 4.69) is 5.32 Å². The second kappa shape index (κ2) is 16.8. The molecule has 7 rings (SSSR count). The Morgan fingerprint density at radius 2 is 1.25 bits per heavy atom. The molecule has 1 fully saturated rings. The Morgan fingerprint density at radius 3 is 1.76 bits per heavy atom. The number of carbonyl (C=O) groups is 3. The fraction of sp³-hybridized carbons (Fsp3) is 0.300.